The SMILES string of the molecule is CC(C)c1nc(-c2ccc3c(c2)C(C)(C)c2ccccc2-3)nc(-c2cccc3ccccc23)n1. The Labute approximate surface area is 200 Å². The van der Waals surface area contributed by atoms with Crippen LogP contribution >= 0.6 is 0 Å². The smallest absolute Gasteiger partial charge is 0.164 e. The molecular formula is C31H27N3. The van der Waals surface area contributed by atoms with Gasteiger partial charge in [-0.3, -0.25) is 0 Å². The molecule has 1 aliphatic rings. The molecule has 6 rings (SSSR count). The van der Waals surface area contributed by atoms with Crippen LogP contribution < -0.4 is 0 Å². The monoisotopic (exact) mass is 441 g/mol. The van der Waals surface area contributed by atoms with E-state index in [0.717, 1.165) is 34.0 Å². The normalized spacial score (nSPS) is 13.8. The second-order valence-corrected chi connectivity index (χ2v) is 9.95. The molecule has 3 nitrogen and oxygen atoms in total. The van der Waals surface area contributed by atoms with E-state index in [0.29, 0.717) is 0 Å². The van der Waals surface area contributed by atoms with Crippen molar-refractivity contribution < 1.29 is 0 Å². The standard InChI is InChI=1S/C31H27N3/c1-19(2)28-32-29(34-30(33-28)25-14-9-11-20-10-5-6-12-22(20)25)21-16-17-24-23-13-7-8-15-26(23)31(3,4)27(24)18-21/h5-19H,1-4H3. The van der Waals surface area contributed by atoms with Crippen molar-refractivity contribution in [3.8, 4) is 33.9 Å². The fourth-order valence-corrected chi connectivity index (χ4v) is 5.16. The van der Waals surface area contributed by atoms with Crippen molar-refractivity contribution in [1.29, 1.82) is 0 Å². The number of nitrogens with zero attached hydrogens (tertiary/aromatic N) is 3. The highest BCUT2D eigenvalue weighted by atomic mass is 15.0. The average molecular weight is 442 g/mol. The van der Waals surface area contributed by atoms with Gasteiger partial charge in [0.25, 0.3) is 0 Å². The summed E-state index contributed by atoms with van der Waals surface area (Å²) < 4.78 is 0. The lowest BCUT2D eigenvalue weighted by Gasteiger charge is -2.21. The second kappa shape index (κ2) is 7.59. The fourth-order valence-electron chi connectivity index (χ4n) is 5.16. The first-order valence-electron chi connectivity index (χ1n) is 11.9. The largest absolute Gasteiger partial charge is 0.213 e. The Morgan fingerprint density at radius 2 is 1.29 bits per heavy atom. The molecule has 0 aliphatic heterocycles. The van der Waals surface area contributed by atoms with E-state index in [-0.39, 0.29) is 11.3 Å². The van der Waals surface area contributed by atoms with Crippen LogP contribution in [0.1, 0.15) is 50.6 Å². The summed E-state index contributed by atoms with van der Waals surface area (Å²) in [6.07, 6.45) is 0. The zero-order valence-corrected chi connectivity index (χ0v) is 20.0. The maximum Gasteiger partial charge on any atom is 0.164 e. The van der Waals surface area contributed by atoms with Crippen molar-refractivity contribution in [2.45, 2.75) is 39.0 Å². The van der Waals surface area contributed by atoms with Gasteiger partial charge in [-0.2, -0.15) is 0 Å². The quantitative estimate of drug-likeness (QED) is 0.287. The third kappa shape index (κ3) is 3.15. The van der Waals surface area contributed by atoms with Gasteiger partial charge >= 0.3 is 0 Å². The molecule has 0 fully saturated rings. The van der Waals surface area contributed by atoms with Gasteiger partial charge in [0.1, 0.15) is 5.82 Å². The fraction of sp³-hybridized carbons (Fsp3) is 0.194. The number of hydrogen-bond acceptors (Lipinski definition) is 3. The van der Waals surface area contributed by atoms with Gasteiger partial charge in [-0.15, -0.1) is 0 Å². The van der Waals surface area contributed by atoms with Crippen LogP contribution in [0.3, 0.4) is 0 Å². The minimum atomic E-state index is -0.0612. The van der Waals surface area contributed by atoms with Crippen molar-refractivity contribution in [3.63, 3.8) is 0 Å². The van der Waals surface area contributed by atoms with Crippen molar-refractivity contribution in [2.75, 3.05) is 0 Å². The summed E-state index contributed by atoms with van der Waals surface area (Å²) in [6, 6.07) is 30.1. The summed E-state index contributed by atoms with van der Waals surface area (Å²) in [7, 11) is 0. The molecule has 0 unspecified atom stereocenters. The van der Waals surface area contributed by atoms with Gasteiger partial charge in [-0.05, 0) is 39.1 Å². The predicted octanol–water partition coefficient (Wildman–Crippen LogP) is 7.79. The number of benzene rings is 4. The molecule has 0 atom stereocenters. The summed E-state index contributed by atoms with van der Waals surface area (Å²) in [6.45, 7) is 8.87. The number of rotatable bonds is 3. The van der Waals surface area contributed by atoms with Crippen molar-refractivity contribution in [1.82, 2.24) is 15.0 Å². The van der Waals surface area contributed by atoms with Gasteiger partial charge in [0.15, 0.2) is 11.6 Å². The first-order chi connectivity index (χ1) is 16.4. The minimum Gasteiger partial charge on any atom is -0.213 e. The van der Waals surface area contributed by atoms with Crippen molar-refractivity contribution in [3.05, 3.63) is 102 Å². The highest BCUT2D eigenvalue weighted by Gasteiger charge is 2.35. The molecular weight excluding hydrogens is 414 g/mol. The molecule has 0 saturated carbocycles. The van der Waals surface area contributed by atoms with E-state index >= 15 is 0 Å². The van der Waals surface area contributed by atoms with E-state index in [4.69, 9.17) is 15.0 Å². The van der Waals surface area contributed by atoms with Gasteiger partial charge in [-0.25, -0.2) is 15.0 Å². The number of aromatic nitrogens is 3. The summed E-state index contributed by atoms with van der Waals surface area (Å²) >= 11 is 0. The molecule has 34 heavy (non-hydrogen) atoms. The average Bonchev–Trinajstić information content (AvgIpc) is 3.10. The Morgan fingerprint density at radius 1 is 0.618 bits per heavy atom. The summed E-state index contributed by atoms with van der Waals surface area (Å²) in [5, 5.41) is 2.34. The van der Waals surface area contributed by atoms with Crippen LogP contribution in [0.4, 0.5) is 0 Å². The van der Waals surface area contributed by atoms with E-state index in [1.165, 1.54) is 27.6 Å². The van der Waals surface area contributed by atoms with E-state index in [1.54, 1.807) is 0 Å². The van der Waals surface area contributed by atoms with Gasteiger partial charge in [0.2, 0.25) is 0 Å². The number of hydrogen-bond donors (Lipinski definition) is 0. The zero-order chi connectivity index (χ0) is 23.4. The van der Waals surface area contributed by atoms with Crippen LogP contribution in [-0.2, 0) is 5.41 Å². The van der Waals surface area contributed by atoms with Crippen LogP contribution in [0.5, 0.6) is 0 Å². The van der Waals surface area contributed by atoms with E-state index in [2.05, 4.69) is 113 Å². The molecule has 3 heteroatoms. The predicted molar refractivity (Wildman–Crippen MR) is 140 cm³/mol. The molecule has 1 aliphatic carbocycles. The zero-order valence-electron chi connectivity index (χ0n) is 20.0. The summed E-state index contributed by atoms with van der Waals surface area (Å²) in [4.78, 5) is 14.8. The Hall–Kier alpha value is -3.85. The molecule has 0 radical (unpaired) electrons. The maximum atomic E-state index is 5.01. The van der Waals surface area contributed by atoms with Crippen LogP contribution in [0.15, 0.2) is 84.9 Å². The van der Waals surface area contributed by atoms with Crippen molar-refractivity contribution in [2.24, 2.45) is 0 Å². The summed E-state index contributed by atoms with van der Waals surface area (Å²) in [5.74, 6) is 2.48. The highest BCUT2D eigenvalue weighted by molar-refractivity contribution is 5.95. The molecule has 0 N–H and O–H groups in total. The molecule has 0 bridgehead atoms. The minimum absolute atomic E-state index is 0.0612. The van der Waals surface area contributed by atoms with Crippen LogP contribution in [0.25, 0.3) is 44.7 Å². The topological polar surface area (TPSA) is 38.7 Å². The lowest BCUT2D eigenvalue weighted by Crippen LogP contribution is -2.15. The Morgan fingerprint density at radius 3 is 2.15 bits per heavy atom. The molecule has 0 amide bonds. The molecule has 0 saturated heterocycles. The van der Waals surface area contributed by atoms with E-state index in [9.17, 15) is 0 Å². The van der Waals surface area contributed by atoms with Crippen LogP contribution in [0.2, 0.25) is 0 Å². The van der Waals surface area contributed by atoms with E-state index < -0.39 is 0 Å². The lowest BCUT2D eigenvalue weighted by molar-refractivity contribution is 0.660. The lowest BCUT2D eigenvalue weighted by atomic mass is 9.82. The molecule has 0 spiro atoms. The van der Waals surface area contributed by atoms with Crippen LogP contribution in [0, 0.1) is 0 Å². The second-order valence-electron chi connectivity index (χ2n) is 9.95. The number of fused-ring (bicyclic) bond motifs is 4. The molecule has 4 aromatic carbocycles. The first kappa shape index (κ1) is 20.7. The molecule has 5 aromatic rings. The molecule has 1 aromatic heterocycles. The van der Waals surface area contributed by atoms with Crippen LogP contribution in [-0.4, -0.2) is 15.0 Å². The third-order valence-corrected chi connectivity index (χ3v) is 7.04. The molecule has 1 heterocycles. The van der Waals surface area contributed by atoms with Gasteiger partial charge < -0.3 is 0 Å². The Balaban J connectivity index is 1.54. The van der Waals surface area contributed by atoms with Gasteiger partial charge in [0, 0.05) is 22.5 Å². The van der Waals surface area contributed by atoms with E-state index in [1.807, 2.05) is 0 Å². The van der Waals surface area contributed by atoms with Gasteiger partial charge in [0.05, 0.1) is 0 Å². The molecule has 166 valence electrons. The maximum absolute atomic E-state index is 5.01. The highest BCUT2D eigenvalue weighted by Crippen LogP contribution is 2.49. The summed E-state index contributed by atoms with van der Waals surface area (Å²) in [5.41, 5.74) is 7.33. The first-order valence-corrected chi connectivity index (χ1v) is 11.9. The third-order valence-electron chi connectivity index (χ3n) is 7.04. The Kier molecular flexibility index (Phi) is 4.63. The van der Waals surface area contributed by atoms with Gasteiger partial charge in [-0.1, -0.05) is 107 Å². The van der Waals surface area contributed by atoms with Crippen molar-refractivity contribution >= 4 is 10.8 Å². The Bertz CT molecular complexity index is 1560.